The van der Waals surface area contributed by atoms with Crippen LogP contribution in [0.4, 0.5) is 15.8 Å². The maximum absolute atomic E-state index is 14.1. The Labute approximate surface area is 171 Å². The smallest absolute Gasteiger partial charge is 0.148 e. The van der Waals surface area contributed by atoms with Crippen LogP contribution in [0.25, 0.3) is 20.4 Å². The molecule has 0 spiro atoms. The molecule has 0 radical (unpaired) electrons. The average molecular weight is 415 g/mol. The zero-order chi connectivity index (χ0) is 19.3. The van der Waals surface area contributed by atoms with E-state index in [1.54, 1.807) is 29.1 Å². The van der Waals surface area contributed by atoms with Gasteiger partial charge in [0.25, 0.3) is 0 Å². The van der Waals surface area contributed by atoms with Crippen LogP contribution in [0.2, 0.25) is 0 Å². The number of nitrogens with zero attached hydrogens (tertiary/aromatic N) is 2. The lowest BCUT2D eigenvalue weighted by molar-refractivity contribution is 0.550. The van der Waals surface area contributed by atoms with Crippen molar-refractivity contribution in [1.82, 2.24) is 15.3 Å². The fourth-order valence-corrected chi connectivity index (χ4v) is 4.75. The van der Waals surface area contributed by atoms with Crippen molar-refractivity contribution >= 4 is 54.5 Å². The third kappa shape index (κ3) is 4.48. The Morgan fingerprint density at radius 2 is 2.04 bits per heavy atom. The number of thiophene rings is 1. The highest BCUT2D eigenvalue weighted by molar-refractivity contribution is 7.17. The average Bonchev–Trinajstić information content (AvgIpc) is 3.28. The Morgan fingerprint density at radius 3 is 2.96 bits per heavy atom. The first-order chi connectivity index (χ1) is 13.7. The Kier molecular flexibility index (Phi) is 6.14. The molecule has 0 bridgehead atoms. The molecule has 0 saturated carbocycles. The minimum Gasteiger partial charge on any atom is -0.352 e. The summed E-state index contributed by atoms with van der Waals surface area (Å²) in [6, 6.07) is 7.85. The number of halogens is 1. The Balaban J connectivity index is 0.000000203. The lowest BCUT2D eigenvalue weighted by Gasteiger charge is -2.08. The maximum Gasteiger partial charge on any atom is 0.148 e. The Bertz CT molecular complexity index is 1050. The monoisotopic (exact) mass is 414 g/mol. The van der Waals surface area contributed by atoms with Crippen LogP contribution < -0.4 is 10.6 Å². The molecule has 3 aromatic heterocycles. The molecule has 2 N–H and O–H groups in total. The van der Waals surface area contributed by atoms with E-state index in [-0.39, 0.29) is 5.82 Å². The number of thiazole rings is 1. The Hall–Kier alpha value is -2.09. The van der Waals surface area contributed by atoms with Gasteiger partial charge in [0, 0.05) is 17.6 Å². The highest BCUT2D eigenvalue weighted by Gasteiger charge is 2.09. The van der Waals surface area contributed by atoms with Gasteiger partial charge in [0.1, 0.15) is 10.6 Å². The van der Waals surface area contributed by atoms with E-state index in [1.165, 1.54) is 49.6 Å². The van der Waals surface area contributed by atoms with E-state index in [9.17, 15) is 4.39 Å². The topological polar surface area (TPSA) is 49.8 Å². The van der Waals surface area contributed by atoms with Crippen LogP contribution >= 0.6 is 22.7 Å². The summed E-state index contributed by atoms with van der Waals surface area (Å²) in [5.41, 5.74) is 3.80. The second kappa shape index (κ2) is 8.94. The first-order valence-corrected chi connectivity index (χ1v) is 11.3. The van der Waals surface area contributed by atoms with Gasteiger partial charge in [-0.05, 0) is 56.0 Å². The Morgan fingerprint density at radius 1 is 1.11 bits per heavy atom. The number of benzene rings is 1. The highest BCUT2D eigenvalue weighted by atomic mass is 32.1. The third-order valence-electron chi connectivity index (χ3n) is 4.86. The molecular weight excluding hydrogens is 391 g/mol. The zero-order valence-electron chi connectivity index (χ0n) is 15.7. The van der Waals surface area contributed by atoms with Crippen molar-refractivity contribution in [3.63, 3.8) is 0 Å². The lowest BCUT2D eigenvalue weighted by Crippen LogP contribution is -2.24. The SMILES string of the molecule is CC1CCCCCN1.Fc1cc2scnc2cc1Nc1ccnc2sccc12. The number of anilines is 2. The van der Waals surface area contributed by atoms with Crippen molar-refractivity contribution in [2.24, 2.45) is 0 Å². The molecule has 5 rings (SSSR count). The van der Waals surface area contributed by atoms with E-state index in [4.69, 9.17) is 0 Å². The number of fused-ring (bicyclic) bond motifs is 2. The summed E-state index contributed by atoms with van der Waals surface area (Å²) in [6.45, 7) is 3.51. The van der Waals surface area contributed by atoms with Crippen LogP contribution in [0.1, 0.15) is 32.6 Å². The van der Waals surface area contributed by atoms with Crippen molar-refractivity contribution in [1.29, 1.82) is 0 Å². The van der Waals surface area contributed by atoms with E-state index in [2.05, 4.69) is 27.5 Å². The van der Waals surface area contributed by atoms with Gasteiger partial charge in [0.15, 0.2) is 0 Å². The molecular formula is C21H23FN4S2. The first kappa shape index (κ1) is 19.2. The summed E-state index contributed by atoms with van der Waals surface area (Å²) in [6.07, 6.45) is 7.33. The number of pyridine rings is 1. The fraction of sp³-hybridized carbons (Fsp3) is 0.333. The summed E-state index contributed by atoms with van der Waals surface area (Å²) < 4.78 is 15.0. The predicted molar refractivity (Wildman–Crippen MR) is 118 cm³/mol. The molecule has 1 fully saturated rings. The molecule has 4 aromatic rings. The number of hydrogen-bond donors (Lipinski definition) is 2. The number of aromatic nitrogens is 2. The third-order valence-corrected chi connectivity index (χ3v) is 6.48. The van der Waals surface area contributed by atoms with Crippen LogP contribution in [-0.4, -0.2) is 22.6 Å². The largest absolute Gasteiger partial charge is 0.352 e. The van der Waals surface area contributed by atoms with Crippen molar-refractivity contribution in [2.45, 2.75) is 38.6 Å². The lowest BCUT2D eigenvalue weighted by atomic mass is 10.1. The molecule has 28 heavy (non-hydrogen) atoms. The molecule has 1 aliphatic rings. The van der Waals surface area contributed by atoms with Gasteiger partial charge in [-0.3, -0.25) is 0 Å². The van der Waals surface area contributed by atoms with Crippen molar-refractivity contribution in [3.05, 3.63) is 47.2 Å². The summed E-state index contributed by atoms with van der Waals surface area (Å²) in [7, 11) is 0. The van der Waals surface area contributed by atoms with Gasteiger partial charge in [-0.25, -0.2) is 14.4 Å². The van der Waals surface area contributed by atoms with E-state index in [1.807, 2.05) is 17.5 Å². The normalized spacial score (nSPS) is 17.1. The van der Waals surface area contributed by atoms with Crippen molar-refractivity contribution < 1.29 is 4.39 Å². The second-order valence-electron chi connectivity index (χ2n) is 6.98. The van der Waals surface area contributed by atoms with Gasteiger partial charge in [-0.15, -0.1) is 22.7 Å². The van der Waals surface area contributed by atoms with Gasteiger partial charge in [-0.1, -0.05) is 12.8 Å². The van der Waals surface area contributed by atoms with Crippen molar-refractivity contribution in [3.8, 4) is 0 Å². The van der Waals surface area contributed by atoms with Crippen LogP contribution in [0, 0.1) is 5.82 Å². The molecule has 7 heteroatoms. The quantitative estimate of drug-likeness (QED) is 0.402. The van der Waals surface area contributed by atoms with Gasteiger partial charge >= 0.3 is 0 Å². The van der Waals surface area contributed by atoms with E-state index in [0.717, 1.165) is 32.2 Å². The van der Waals surface area contributed by atoms with Gasteiger partial charge < -0.3 is 10.6 Å². The van der Waals surface area contributed by atoms with Crippen molar-refractivity contribution in [2.75, 3.05) is 11.9 Å². The molecule has 0 amide bonds. The van der Waals surface area contributed by atoms with Gasteiger partial charge in [0.2, 0.25) is 0 Å². The first-order valence-electron chi connectivity index (χ1n) is 9.56. The summed E-state index contributed by atoms with van der Waals surface area (Å²) in [4.78, 5) is 9.43. The standard InChI is InChI=1S/C14H8FN3S2.C7H15N/c15-9-5-13-12(17-7-20-13)6-11(9)18-10-1-3-16-14-8(10)2-4-19-14;1-7-5-3-2-4-6-8-7/h1-7H,(H,16,18);7-8H,2-6H2,1H3. The highest BCUT2D eigenvalue weighted by Crippen LogP contribution is 2.31. The van der Waals surface area contributed by atoms with Crippen LogP contribution in [-0.2, 0) is 0 Å². The zero-order valence-corrected chi connectivity index (χ0v) is 17.4. The number of nitrogens with one attached hydrogen (secondary N) is 2. The number of rotatable bonds is 2. The summed E-state index contributed by atoms with van der Waals surface area (Å²) in [5.74, 6) is -0.276. The van der Waals surface area contributed by atoms with Crippen LogP contribution in [0.3, 0.4) is 0 Å². The van der Waals surface area contributed by atoms with E-state index >= 15 is 0 Å². The molecule has 4 nitrogen and oxygen atoms in total. The molecule has 146 valence electrons. The second-order valence-corrected chi connectivity index (χ2v) is 8.76. The summed E-state index contributed by atoms with van der Waals surface area (Å²) >= 11 is 3.00. The van der Waals surface area contributed by atoms with Crippen LogP contribution in [0.15, 0.2) is 41.4 Å². The number of hydrogen-bond acceptors (Lipinski definition) is 6. The molecule has 1 atom stereocenters. The van der Waals surface area contributed by atoms with E-state index < -0.39 is 0 Å². The minimum absolute atomic E-state index is 0.276. The minimum atomic E-state index is -0.276. The summed E-state index contributed by atoms with van der Waals surface area (Å²) in [5, 5.41) is 9.55. The predicted octanol–water partition coefficient (Wildman–Crippen LogP) is 6.33. The van der Waals surface area contributed by atoms with Gasteiger partial charge in [-0.2, -0.15) is 0 Å². The van der Waals surface area contributed by atoms with Gasteiger partial charge in [0.05, 0.1) is 27.1 Å². The van der Waals surface area contributed by atoms with E-state index in [0.29, 0.717) is 5.69 Å². The van der Waals surface area contributed by atoms with Crippen LogP contribution in [0.5, 0.6) is 0 Å². The molecule has 1 unspecified atom stereocenters. The molecule has 1 aliphatic heterocycles. The maximum atomic E-state index is 14.1. The molecule has 0 aliphatic carbocycles. The molecule has 4 heterocycles. The fourth-order valence-electron chi connectivity index (χ4n) is 3.31. The molecule has 1 aromatic carbocycles. The molecule has 1 saturated heterocycles.